The van der Waals surface area contributed by atoms with E-state index in [1.807, 2.05) is 43.5 Å². The van der Waals surface area contributed by atoms with E-state index in [1.165, 1.54) is 12.1 Å². The van der Waals surface area contributed by atoms with E-state index in [4.69, 9.17) is 11.6 Å². The maximum absolute atomic E-state index is 13.4. The zero-order chi connectivity index (χ0) is 15.1. The molecule has 0 saturated heterocycles. The molecular weight excluding hydrogens is 287 g/mol. The fourth-order valence-electron chi connectivity index (χ4n) is 2.60. The van der Waals surface area contributed by atoms with Crippen LogP contribution in [0.1, 0.15) is 29.3 Å². The van der Waals surface area contributed by atoms with Crippen molar-refractivity contribution < 1.29 is 4.39 Å². The van der Waals surface area contributed by atoms with Gasteiger partial charge in [-0.25, -0.2) is 9.37 Å². The van der Waals surface area contributed by atoms with Crippen molar-refractivity contribution in [3.63, 3.8) is 0 Å². The second-order valence-electron chi connectivity index (χ2n) is 5.34. The Hall–Kier alpha value is -1.87. The Balaban J connectivity index is 2.36. The Bertz CT molecular complexity index is 821. The quantitative estimate of drug-likeness (QED) is 0.604. The molecule has 2 aromatic carbocycles. The molecular formula is C17H16ClFN2. The van der Waals surface area contributed by atoms with Crippen LogP contribution in [0.15, 0.2) is 36.4 Å². The zero-order valence-electron chi connectivity index (χ0n) is 12.2. The van der Waals surface area contributed by atoms with Gasteiger partial charge in [-0.2, -0.15) is 0 Å². The first-order chi connectivity index (χ1) is 9.97. The third-order valence-corrected chi connectivity index (χ3v) is 3.79. The number of benzene rings is 2. The molecule has 0 amide bonds. The molecule has 1 unspecified atom stereocenters. The predicted molar refractivity (Wildman–Crippen MR) is 84.8 cm³/mol. The van der Waals surface area contributed by atoms with Crippen LogP contribution in [-0.4, -0.2) is 9.55 Å². The van der Waals surface area contributed by atoms with Gasteiger partial charge in [0.05, 0.1) is 22.1 Å². The van der Waals surface area contributed by atoms with Crippen molar-refractivity contribution in [3.8, 4) is 5.69 Å². The SMILES string of the molecule is Cc1ccc2c(c1)nc(C(C)Cl)n2-c1ccc(F)cc1C. The lowest BCUT2D eigenvalue weighted by molar-refractivity contribution is 0.626. The lowest BCUT2D eigenvalue weighted by Gasteiger charge is -2.13. The lowest BCUT2D eigenvalue weighted by Crippen LogP contribution is -2.04. The number of rotatable bonds is 2. The summed E-state index contributed by atoms with van der Waals surface area (Å²) in [6, 6.07) is 10.9. The Morgan fingerprint density at radius 1 is 1.14 bits per heavy atom. The van der Waals surface area contributed by atoms with Crippen molar-refractivity contribution in [2.24, 2.45) is 0 Å². The summed E-state index contributed by atoms with van der Waals surface area (Å²) in [6.07, 6.45) is 0. The highest BCUT2D eigenvalue weighted by molar-refractivity contribution is 6.20. The maximum atomic E-state index is 13.4. The molecule has 0 fully saturated rings. The van der Waals surface area contributed by atoms with Crippen molar-refractivity contribution >= 4 is 22.6 Å². The van der Waals surface area contributed by atoms with Crippen LogP contribution in [0.5, 0.6) is 0 Å². The molecule has 0 aliphatic carbocycles. The number of alkyl halides is 1. The van der Waals surface area contributed by atoms with E-state index in [0.717, 1.165) is 33.7 Å². The molecule has 0 aliphatic rings. The van der Waals surface area contributed by atoms with E-state index in [1.54, 1.807) is 6.07 Å². The van der Waals surface area contributed by atoms with Crippen LogP contribution in [-0.2, 0) is 0 Å². The number of halogens is 2. The zero-order valence-corrected chi connectivity index (χ0v) is 12.9. The van der Waals surface area contributed by atoms with Crippen LogP contribution >= 0.6 is 11.6 Å². The van der Waals surface area contributed by atoms with Gasteiger partial charge in [-0.15, -0.1) is 11.6 Å². The summed E-state index contributed by atoms with van der Waals surface area (Å²) >= 11 is 6.30. The summed E-state index contributed by atoms with van der Waals surface area (Å²) in [4.78, 5) is 4.65. The first kappa shape index (κ1) is 14.1. The number of nitrogens with zero attached hydrogens (tertiary/aromatic N) is 2. The number of aromatic nitrogens is 2. The van der Waals surface area contributed by atoms with E-state index in [0.29, 0.717) is 0 Å². The normalized spacial score (nSPS) is 12.8. The third-order valence-electron chi connectivity index (χ3n) is 3.59. The molecule has 1 atom stereocenters. The van der Waals surface area contributed by atoms with E-state index in [2.05, 4.69) is 4.98 Å². The van der Waals surface area contributed by atoms with Gasteiger partial charge in [-0.05, 0) is 62.2 Å². The van der Waals surface area contributed by atoms with Crippen LogP contribution in [0.4, 0.5) is 4.39 Å². The standard InChI is InChI=1S/C17H16ClFN2/c1-10-4-6-16-14(8-10)20-17(12(3)18)21(16)15-7-5-13(19)9-11(15)2/h4-9,12H,1-3H3. The summed E-state index contributed by atoms with van der Waals surface area (Å²) in [5, 5.41) is -0.234. The van der Waals surface area contributed by atoms with Gasteiger partial charge >= 0.3 is 0 Å². The number of imidazole rings is 1. The molecule has 21 heavy (non-hydrogen) atoms. The molecule has 1 heterocycles. The average molecular weight is 303 g/mol. The molecule has 4 heteroatoms. The van der Waals surface area contributed by atoms with Crippen molar-refractivity contribution in [2.45, 2.75) is 26.1 Å². The predicted octanol–water partition coefficient (Wildman–Crippen LogP) is 5.08. The molecule has 0 N–H and O–H groups in total. The van der Waals surface area contributed by atoms with Gasteiger partial charge in [0.15, 0.2) is 0 Å². The highest BCUT2D eigenvalue weighted by Crippen LogP contribution is 2.30. The molecule has 0 aliphatic heterocycles. The second kappa shape index (κ2) is 5.15. The summed E-state index contributed by atoms with van der Waals surface area (Å²) in [7, 11) is 0. The monoisotopic (exact) mass is 302 g/mol. The fourth-order valence-corrected chi connectivity index (χ4v) is 2.75. The summed E-state index contributed by atoms with van der Waals surface area (Å²) < 4.78 is 15.4. The first-order valence-corrected chi connectivity index (χ1v) is 7.30. The van der Waals surface area contributed by atoms with Crippen LogP contribution in [0.3, 0.4) is 0 Å². The van der Waals surface area contributed by atoms with Crippen molar-refractivity contribution in [3.05, 3.63) is 59.2 Å². The molecule has 2 nitrogen and oxygen atoms in total. The number of aryl methyl sites for hydroxylation is 2. The van der Waals surface area contributed by atoms with Gasteiger partial charge in [0.1, 0.15) is 11.6 Å². The van der Waals surface area contributed by atoms with Crippen LogP contribution in [0.2, 0.25) is 0 Å². The molecule has 0 radical (unpaired) electrons. The highest BCUT2D eigenvalue weighted by atomic mass is 35.5. The number of hydrogen-bond donors (Lipinski definition) is 0. The Kier molecular flexibility index (Phi) is 3.46. The van der Waals surface area contributed by atoms with E-state index in [-0.39, 0.29) is 11.2 Å². The van der Waals surface area contributed by atoms with Gasteiger partial charge in [-0.3, -0.25) is 4.57 Å². The van der Waals surface area contributed by atoms with Crippen LogP contribution < -0.4 is 0 Å². The summed E-state index contributed by atoms with van der Waals surface area (Å²) in [5.41, 5.74) is 4.80. The molecule has 108 valence electrons. The van der Waals surface area contributed by atoms with E-state index < -0.39 is 0 Å². The molecule has 1 aromatic heterocycles. The minimum absolute atomic E-state index is 0.234. The smallest absolute Gasteiger partial charge is 0.132 e. The van der Waals surface area contributed by atoms with Crippen molar-refractivity contribution in [1.82, 2.24) is 9.55 Å². The number of hydrogen-bond acceptors (Lipinski definition) is 1. The van der Waals surface area contributed by atoms with Crippen LogP contribution in [0, 0.1) is 19.7 Å². The van der Waals surface area contributed by atoms with Gasteiger partial charge in [0.25, 0.3) is 0 Å². The first-order valence-electron chi connectivity index (χ1n) is 6.87. The minimum atomic E-state index is -0.239. The van der Waals surface area contributed by atoms with E-state index in [9.17, 15) is 4.39 Å². The third kappa shape index (κ3) is 2.42. The van der Waals surface area contributed by atoms with Gasteiger partial charge in [-0.1, -0.05) is 6.07 Å². The van der Waals surface area contributed by atoms with E-state index >= 15 is 0 Å². The molecule has 0 bridgehead atoms. The summed E-state index contributed by atoms with van der Waals surface area (Å²) in [5.74, 6) is 0.531. The lowest BCUT2D eigenvalue weighted by atomic mass is 10.1. The summed E-state index contributed by atoms with van der Waals surface area (Å²) in [6.45, 7) is 5.82. The molecule has 0 spiro atoms. The van der Waals surface area contributed by atoms with Gasteiger partial charge < -0.3 is 0 Å². The second-order valence-corrected chi connectivity index (χ2v) is 6.00. The van der Waals surface area contributed by atoms with Crippen LogP contribution in [0.25, 0.3) is 16.7 Å². The van der Waals surface area contributed by atoms with Gasteiger partial charge in [0, 0.05) is 0 Å². The Morgan fingerprint density at radius 2 is 1.90 bits per heavy atom. The minimum Gasteiger partial charge on any atom is -0.295 e. The molecule has 0 saturated carbocycles. The average Bonchev–Trinajstić information content (AvgIpc) is 2.77. The fraction of sp³-hybridized carbons (Fsp3) is 0.235. The Morgan fingerprint density at radius 3 is 2.57 bits per heavy atom. The largest absolute Gasteiger partial charge is 0.295 e. The Labute approximate surface area is 128 Å². The van der Waals surface area contributed by atoms with Gasteiger partial charge in [0.2, 0.25) is 0 Å². The van der Waals surface area contributed by atoms with Crippen molar-refractivity contribution in [1.29, 1.82) is 0 Å². The molecule has 3 aromatic rings. The molecule has 3 rings (SSSR count). The maximum Gasteiger partial charge on any atom is 0.132 e. The van der Waals surface area contributed by atoms with Crippen molar-refractivity contribution in [2.75, 3.05) is 0 Å². The number of fused-ring (bicyclic) bond motifs is 1. The highest BCUT2D eigenvalue weighted by Gasteiger charge is 2.17. The topological polar surface area (TPSA) is 17.8 Å².